The van der Waals surface area contributed by atoms with Gasteiger partial charge in [-0.05, 0) is 69.7 Å². The molecule has 0 aliphatic heterocycles. The van der Waals surface area contributed by atoms with Gasteiger partial charge < -0.3 is 30.7 Å². The zero-order valence-corrected chi connectivity index (χ0v) is 21.3. The molecule has 0 spiro atoms. The maximum Gasteiger partial charge on any atom is 1.00 e. The van der Waals surface area contributed by atoms with Crippen LogP contribution < -0.4 is 39.0 Å². The third-order valence-corrected chi connectivity index (χ3v) is 3.45. The minimum Gasteiger partial charge on any atom is -0.488 e. The van der Waals surface area contributed by atoms with E-state index in [9.17, 15) is 4.39 Å². The third kappa shape index (κ3) is 19.9. The van der Waals surface area contributed by atoms with Crippen LogP contribution in [0.15, 0.2) is 53.6 Å². The van der Waals surface area contributed by atoms with Crippen LogP contribution in [0.25, 0.3) is 26.4 Å². The number of hydrogen-bond acceptors (Lipinski definition) is 5. The Morgan fingerprint density at radius 3 is 1.62 bits per heavy atom. The third-order valence-electron chi connectivity index (χ3n) is 3.22. The number of aliphatic hydroxyl groups is 2. The zero-order chi connectivity index (χ0) is 24.5. The van der Waals surface area contributed by atoms with Crippen molar-refractivity contribution in [2.45, 2.75) is 12.8 Å². The summed E-state index contributed by atoms with van der Waals surface area (Å²) < 4.78 is 25.8. The van der Waals surface area contributed by atoms with Gasteiger partial charge in [-0.15, -0.1) is 0 Å². The molecule has 2 aromatic rings. The number of azide groups is 1. The molecule has 0 aromatic heterocycles. The summed E-state index contributed by atoms with van der Waals surface area (Å²) in [4.78, 5) is 4.06. The van der Waals surface area contributed by atoms with Crippen LogP contribution in [0.1, 0.15) is 12.5 Å². The minimum atomic E-state index is -1.00. The van der Waals surface area contributed by atoms with Gasteiger partial charge in [0.1, 0.15) is 17.0 Å². The number of alkyl halides is 2. The van der Waals surface area contributed by atoms with Crippen molar-refractivity contribution in [1.29, 1.82) is 0 Å². The Balaban J connectivity index is -0.000000432. The van der Waals surface area contributed by atoms with Crippen molar-refractivity contribution in [1.82, 2.24) is 0 Å². The maximum absolute atomic E-state index is 9.96. The van der Waals surface area contributed by atoms with Gasteiger partial charge in [-0.3, -0.25) is 9.30 Å². The summed E-state index contributed by atoms with van der Waals surface area (Å²) in [5.41, 5.74) is 24.2. The molecule has 0 heterocycles. The molecule has 0 bridgehead atoms. The van der Waals surface area contributed by atoms with E-state index >= 15 is 0 Å². The van der Waals surface area contributed by atoms with E-state index in [-0.39, 0.29) is 49.5 Å². The predicted octanol–water partition coefficient (Wildman–Crippen LogP) is 2.28. The molecule has 0 radical (unpaired) electrons. The van der Waals surface area contributed by atoms with E-state index in [2.05, 4.69) is 26.0 Å². The fourth-order valence-corrected chi connectivity index (χ4v) is 2.22. The first-order chi connectivity index (χ1) is 15.6. The van der Waals surface area contributed by atoms with Crippen molar-refractivity contribution < 1.29 is 55.0 Å². The number of hydrogen-bond donors (Lipinski definition) is 2. The summed E-state index contributed by atoms with van der Waals surface area (Å²) in [6.45, 7) is 0.327. The predicted molar refractivity (Wildman–Crippen MR) is 121 cm³/mol. The first-order valence-corrected chi connectivity index (χ1v) is 9.74. The molecule has 13 heteroatoms. The van der Waals surface area contributed by atoms with Gasteiger partial charge in [-0.25, -0.2) is 0 Å². The summed E-state index contributed by atoms with van der Waals surface area (Å²) in [6, 6.07) is 15.0. The van der Waals surface area contributed by atoms with E-state index in [4.69, 9.17) is 37.7 Å². The van der Waals surface area contributed by atoms with Crippen LogP contribution in [-0.2, 0) is 12.8 Å². The van der Waals surface area contributed by atoms with Crippen LogP contribution in [0.3, 0.4) is 0 Å². The molecule has 2 N–H and O–H groups in total. The van der Waals surface area contributed by atoms with E-state index in [1.807, 2.05) is 36.4 Å². The maximum atomic E-state index is 9.96. The van der Waals surface area contributed by atoms with Gasteiger partial charge in [-0.1, -0.05) is 29.4 Å². The molecule has 0 atom stereocenters. The Bertz CT molecular complexity index is 756. The largest absolute Gasteiger partial charge is 1.00 e. The van der Waals surface area contributed by atoms with Crippen LogP contribution in [0, 0.1) is 0 Å². The summed E-state index contributed by atoms with van der Waals surface area (Å²) in [5.74, 6) is 1.49. The Morgan fingerprint density at radius 2 is 1.31 bits per heavy atom. The zero-order valence-electron chi connectivity index (χ0n) is 18.7. The quantitative estimate of drug-likeness (QED) is 0.169. The average Bonchev–Trinajstić information content (AvgIpc) is 2.79. The van der Waals surface area contributed by atoms with Gasteiger partial charge in [0.2, 0.25) is 0 Å². The SMILES string of the molecule is OCCc1ccc(OCBr)cc1.[2H]CF.[N-]=[N+]=NCOc1ccc(CCO)cc1.[N-]=[N+]=[N-].[Na+]. The van der Waals surface area contributed by atoms with Crippen molar-refractivity contribution in [2.24, 2.45) is 5.11 Å². The fraction of sp³-hybridized carbons (Fsp3) is 0.368. The summed E-state index contributed by atoms with van der Waals surface area (Å²) >= 11 is 3.17. The van der Waals surface area contributed by atoms with Crippen molar-refractivity contribution in [3.05, 3.63) is 86.1 Å². The summed E-state index contributed by atoms with van der Waals surface area (Å²) in [5, 5.41) is 20.6. The normalized spacial score (nSPS) is 8.56. The number of benzene rings is 2. The molecule has 0 unspecified atom stereocenters. The summed E-state index contributed by atoms with van der Waals surface area (Å²) in [6.07, 6.45) is 1.34. The van der Waals surface area contributed by atoms with E-state index in [1.54, 1.807) is 12.1 Å². The van der Waals surface area contributed by atoms with Crippen LogP contribution >= 0.6 is 15.9 Å². The van der Waals surface area contributed by atoms with Crippen LogP contribution in [0.2, 0.25) is 0 Å². The number of halogens is 2. The second-order valence-electron chi connectivity index (χ2n) is 5.08. The number of ether oxygens (including phenoxy) is 2. The first-order valence-electron chi connectivity index (χ1n) is 9.33. The second-order valence-corrected chi connectivity index (χ2v) is 5.54. The van der Waals surface area contributed by atoms with Crippen molar-refractivity contribution in [3.8, 4) is 11.5 Å². The molecule has 0 amide bonds. The van der Waals surface area contributed by atoms with Gasteiger partial charge in [0.25, 0.3) is 0 Å². The molecule has 170 valence electrons. The molecule has 0 saturated carbocycles. The van der Waals surface area contributed by atoms with E-state index < -0.39 is 7.15 Å². The molecule has 0 aliphatic rings. The van der Waals surface area contributed by atoms with E-state index in [0.29, 0.717) is 24.1 Å². The smallest absolute Gasteiger partial charge is 0.488 e. The molecule has 0 aliphatic carbocycles. The van der Waals surface area contributed by atoms with Crippen molar-refractivity contribution >= 4 is 15.9 Å². The standard InChI is InChI=1S/C9H11BrO2.C9H11N3O2.CH3F.N3.Na/c10-7-12-9-3-1-8(2-4-9)5-6-11;10-12-11-7-14-9-3-1-8(2-4-9)5-6-13;1-2;1-3-2;/h1-4,11H,5-7H2;1-4,13H,5-7H2;1H3;;/q;;;-1;+1/i;;1D;;. The topological polar surface area (TPSA) is 166 Å². The molecule has 10 nitrogen and oxygen atoms in total. The molecule has 0 fully saturated rings. The van der Waals surface area contributed by atoms with Gasteiger partial charge >= 0.3 is 29.6 Å². The van der Waals surface area contributed by atoms with Crippen LogP contribution in [0.5, 0.6) is 11.5 Å². The molecule has 2 rings (SSSR count). The number of nitrogens with zero attached hydrogens (tertiary/aromatic N) is 6. The molecule has 32 heavy (non-hydrogen) atoms. The Kier molecular flexibility index (Phi) is 27.2. The van der Waals surface area contributed by atoms with E-state index in [1.165, 1.54) is 4.91 Å². The average molecular weight is 524 g/mol. The number of rotatable bonds is 9. The Morgan fingerprint density at radius 1 is 0.938 bits per heavy atom. The van der Waals surface area contributed by atoms with Gasteiger partial charge in [0.05, 0.1) is 8.52 Å². The monoisotopic (exact) mass is 523 g/mol. The second kappa shape index (κ2) is 27.0. The number of aliphatic hydroxyl groups excluding tert-OH is 2. The summed E-state index contributed by atoms with van der Waals surface area (Å²) in [7, 11) is -1.00. The first kappa shape index (κ1) is 32.2. The Hall–Kier alpha value is -2.01. The molecule has 2 aromatic carbocycles. The van der Waals surface area contributed by atoms with Gasteiger partial charge in [0.15, 0.2) is 6.73 Å². The Labute approximate surface area is 218 Å². The molecule has 0 saturated heterocycles. The molecular weight excluding hydrogens is 498 g/mol. The van der Waals surface area contributed by atoms with Crippen molar-refractivity contribution in [3.63, 3.8) is 0 Å². The molecular formula is C19H25BrFN6NaO4. The van der Waals surface area contributed by atoms with Gasteiger partial charge in [0, 0.05) is 18.1 Å². The van der Waals surface area contributed by atoms with Crippen LogP contribution in [0.4, 0.5) is 4.39 Å². The van der Waals surface area contributed by atoms with Crippen molar-refractivity contribution in [2.75, 3.05) is 32.6 Å². The minimum absolute atomic E-state index is 0. The van der Waals surface area contributed by atoms with E-state index in [0.717, 1.165) is 16.9 Å². The van der Waals surface area contributed by atoms with Crippen LogP contribution in [-0.4, -0.2) is 42.8 Å². The van der Waals surface area contributed by atoms with Gasteiger partial charge in [-0.2, -0.15) is 0 Å². The fourth-order valence-electron chi connectivity index (χ4n) is 1.96.